The molecule has 8 heteroatoms. The highest BCUT2D eigenvalue weighted by Gasteiger charge is 2.25. The van der Waals surface area contributed by atoms with Gasteiger partial charge < -0.3 is 5.32 Å². The molecule has 1 aliphatic heterocycles. The van der Waals surface area contributed by atoms with Gasteiger partial charge in [-0.15, -0.1) is 17.8 Å². The smallest absolute Gasteiger partial charge is 0.278 e. The minimum absolute atomic E-state index is 0.0382. The maximum atomic E-state index is 12.1. The third-order valence-corrected chi connectivity index (χ3v) is 6.21. The van der Waals surface area contributed by atoms with Gasteiger partial charge in [0.25, 0.3) is 5.69 Å². The topological polar surface area (TPSA) is 78.7 Å². The number of piperazine rings is 1. The van der Waals surface area contributed by atoms with Crippen molar-refractivity contribution in [3.63, 3.8) is 0 Å². The normalized spacial score (nSPS) is 16.1. The lowest BCUT2D eigenvalue weighted by molar-refractivity contribution is -0.384. The lowest BCUT2D eigenvalue weighted by atomic mass is 10.1. The van der Waals surface area contributed by atoms with Crippen molar-refractivity contribution in [3.8, 4) is 22.8 Å². The number of terminal acetylenes is 1. The predicted octanol–water partition coefficient (Wildman–Crippen LogP) is 2.58. The van der Waals surface area contributed by atoms with Crippen molar-refractivity contribution in [2.75, 3.05) is 32.7 Å². The molecule has 0 saturated carbocycles. The standard InChI is InChI=1S/C21H24N4O3S/c1-3-10-22-21(26)16(2)24-13-11-23(12-14-24)15-17-8-9-20(29-17)18-6-4-5-7-19(18)25(27)28/h1,4-9,16H,10-15H2,2H3,(H,22,26)/t16-/m1/s1. The summed E-state index contributed by atoms with van der Waals surface area (Å²) >= 11 is 1.59. The largest absolute Gasteiger partial charge is 0.344 e. The predicted molar refractivity (Wildman–Crippen MR) is 115 cm³/mol. The second kappa shape index (κ2) is 9.65. The molecular weight excluding hydrogens is 388 g/mol. The minimum atomic E-state index is -0.338. The van der Waals surface area contributed by atoms with Crippen LogP contribution in [0.3, 0.4) is 0 Å². The van der Waals surface area contributed by atoms with Crippen LogP contribution in [0, 0.1) is 22.5 Å². The van der Waals surface area contributed by atoms with Gasteiger partial charge in [0.2, 0.25) is 5.91 Å². The van der Waals surface area contributed by atoms with E-state index in [1.54, 1.807) is 23.5 Å². The van der Waals surface area contributed by atoms with E-state index in [0.717, 1.165) is 37.6 Å². The molecule has 0 aliphatic carbocycles. The van der Waals surface area contributed by atoms with Crippen LogP contribution in [0.25, 0.3) is 10.4 Å². The number of nitrogens with one attached hydrogen (secondary N) is 1. The number of thiophene rings is 1. The fourth-order valence-corrected chi connectivity index (χ4v) is 4.51. The average Bonchev–Trinajstić information content (AvgIpc) is 3.20. The molecule has 1 aromatic carbocycles. The second-order valence-electron chi connectivity index (χ2n) is 6.95. The highest BCUT2D eigenvalue weighted by molar-refractivity contribution is 7.15. The monoisotopic (exact) mass is 412 g/mol. The fraction of sp³-hybridized carbons (Fsp3) is 0.381. The maximum absolute atomic E-state index is 12.1. The number of benzene rings is 1. The summed E-state index contributed by atoms with van der Waals surface area (Å²) in [6.45, 7) is 6.32. The summed E-state index contributed by atoms with van der Waals surface area (Å²) in [6.07, 6.45) is 5.19. The summed E-state index contributed by atoms with van der Waals surface area (Å²) in [4.78, 5) is 29.6. The second-order valence-corrected chi connectivity index (χ2v) is 8.12. The zero-order chi connectivity index (χ0) is 20.8. The Bertz CT molecular complexity index is 913. The first-order valence-electron chi connectivity index (χ1n) is 9.49. The zero-order valence-corrected chi connectivity index (χ0v) is 17.2. The van der Waals surface area contributed by atoms with Gasteiger partial charge in [0, 0.05) is 48.5 Å². The number of hydrogen-bond donors (Lipinski definition) is 1. The van der Waals surface area contributed by atoms with Crippen LogP contribution in [0.15, 0.2) is 36.4 Å². The van der Waals surface area contributed by atoms with E-state index in [0.29, 0.717) is 5.56 Å². The first-order valence-corrected chi connectivity index (χ1v) is 10.3. The van der Waals surface area contributed by atoms with Gasteiger partial charge in [-0.1, -0.05) is 18.1 Å². The summed E-state index contributed by atoms with van der Waals surface area (Å²) in [7, 11) is 0. The number of rotatable bonds is 7. The molecular formula is C21H24N4O3S. The van der Waals surface area contributed by atoms with Gasteiger partial charge in [0.15, 0.2) is 0 Å². The van der Waals surface area contributed by atoms with Crippen molar-refractivity contribution >= 4 is 22.9 Å². The molecule has 1 saturated heterocycles. The number of para-hydroxylation sites is 1. The quantitative estimate of drug-likeness (QED) is 0.430. The van der Waals surface area contributed by atoms with Crippen LogP contribution in [0.5, 0.6) is 0 Å². The molecule has 2 aromatic rings. The van der Waals surface area contributed by atoms with Gasteiger partial charge in [-0.2, -0.15) is 0 Å². The molecule has 1 amide bonds. The molecule has 0 radical (unpaired) electrons. The van der Waals surface area contributed by atoms with Crippen molar-refractivity contribution in [1.82, 2.24) is 15.1 Å². The van der Waals surface area contributed by atoms with E-state index in [2.05, 4.69) is 21.0 Å². The summed E-state index contributed by atoms with van der Waals surface area (Å²) < 4.78 is 0. The maximum Gasteiger partial charge on any atom is 0.278 e. The first-order chi connectivity index (χ1) is 14.0. The zero-order valence-electron chi connectivity index (χ0n) is 16.3. The summed E-state index contributed by atoms with van der Waals surface area (Å²) in [5.74, 6) is 2.38. The van der Waals surface area contributed by atoms with Crippen LogP contribution in [0.4, 0.5) is 5.69 Å². The number of amides is 1. The summed E-state index contributed by atoms with van der Waals surface area (Å²) in [6, 6.07) is 10.6. The third kappa shape index (κ3) is 5.21. The Morgan fingerprint density at radius 1 is 1.28 bits per heavy atom. The van der Waals surface area contributed by atoms with Gasteiger partial charge >= 0.3 is 0 Å². The van der Waals surface area contributed by atoms with Gasteiger partial charge in [0.05, 0.1) is 23.1 Å². The van der Waals surface area contributed by atoms with Crippen molar-refractivity contribution in [2.45, 2.75) is 19.5 Å². The third-order valence-electron chi connectivity index (χ3n) is 5.11. The van der Waals surface area contributed by atoms with Crippen molar-refractivity contribution in [1.29, 1.82) is 0 Å². The molecule has 0 unspecified atom stereocenters. The number of carbonyl (C=O) groups excluding carboxylic acids is 1. The number of nitrogens with zero attached hydrogens (tertiary/aromatic N) is 3. The minimum Gasteiger partial charge on any atom is -0.344 e. The van der Waals surface area contributed by atoms with E-state index in [9.17, 15) is 14.9 Å². The van der Waals surface area contributed by atoms with Gasteiger partial charge in [-0.3, -0.25) is 24.7 Å². The Labute approximate surface area is 174 Å². The van der Waals surface area contributed by atoms with E-state index in [-0.39, 0.29) is 29.1 Å². The number of carbonyl (C=O) groups is 1. The van der Waals surface area contributed by atoms with Crippen molar-refractivity contribution < 1.29 is 9.72 Å². The van der Waals surface area contributed by atoms with Crippen LogP contribution < -0.4 is 5.32 Å². The van der Waals surface area contributed by atoms with E-state index in [1.165, 1.54) is 10.9 Å². The SMILES string of the molecule is C#CCNC(=O)[C@@H](C)N1CCN(Cc2ccc(-c3ccccc3[N+](=O)[O-])s2)CC1. The van der Waals surface area contributed by atoms with Gasteiger partial charge in [0.1, 0.15) is 0 Å². The van der Waals surface area contributed by atoms with Gasteiger partial charge in [-0.25, -0.2) is 0 Å². The Balaban J connectivity index is 1.57. The lowest BCUT2D eigenvalue weighted by Gasteiger charge is -2.37. The molecule has 1 N–H and O–H groups in total. The molecule has 1 atom stereocenters. The summed E-state index contributed by atoms with van der Waals surface area (Å²) in [5, 5.41) is 14.0. The molecule has 152 valence electrons. The van der Waals surface area contributed by atoms with E-state index < -0.39 is 0 Å². The van der Waals surface area contributed by atoms with Crippen molar-refractivity contribution in [2.24, 2.45) is 0 Å². The molecule has 3 rings (SSSR count). The van der Waals surface area contributed by atoms with Gasteiger partial charge in [-0.05, 0) is 25.1 Å². The van der Waals surface area contributed by atoms with Crippen LogP contribution in [0.1, 0.15) is 11.8 Å². The van der Waals surface area contributed by atoms with Crippen LogP contribution >= 0.6 is 11.3 Å². The van der Waals surface area contributed by atoms with Crippen LogP contribution in [-0.4, -0.2) is 59.4 Å². The fourth-order valence-electron chi connectivity index (χ4n) is 3.43. The van der Waals surface area contributed by atoms with Crippen LogP contribution in [0.2, 0.25) is 0 Å². The molecule has 29 heavy (non-hydrogen) atoms. The lowest BCUT2D eigenvalue weighted by Crippen LogP contribution is -2.53. The molecule has 1 aromatic heterocycles. The average molecular weight is 413 g/mol. The highest BCUT2D eigenvalue weighted by Crippen LogP contribution is 2.35. The van der Waals surface area contributed by atoms with E-state index in [4.69, 9.17) is 6.42 Å². The Hall–Kier alpha value is -2.73. The Morgan fingerprint density at radius 3 is 2.69 bits per heavy atom. The first kappa shape index (κ1) is 21.0. The molecule has 1 aliphatic rings. The molecule has 0 spiro atoms. The number of nitro benzene ring substituents is 1. The van der Waals surface area contributed by atoms with E-state index >= 15 is 0 Å². The van der Waals surface area contributed by atoms with Crippen molar-refractivity contribution in [3.05, 3.63) is 51.4 Å². The Kier molecular flexibility index (Phi) is 6.99. The number of nitro groups is 1. The highest BCUT2D eigenvalue weighted by atomic mass is 32.1. The molecule has 0 bridgehead atoms. The summed E-state index contributed by atoms with van der Waals surface area (Å²) in [5.41, 5.74) is 0.789. The molecule has 7 nitrogen and oxygen atoms in total. The van der Waals surface area contributed by atoms with E-state index in [1.807, 2.05) is 25.1 Å². The Morgan fingerprint density at radius 2 is 2.00 bits per heavy atom. The van der Waals surface area contributed by atoms with Crippen LogP contribution in [-0.2, 0) is 11.3 Å². The molecule has 2 heterocycles. The number of hydrogen-bond acceptors (Lipinski definition) is 6. The molecule has 1 fully saturated rings.